The van der Waals surface area contributed by atoms with Crippen LogP contribution in [0.3, 0.4) is 0 Å². The maximum Gasteiger partial charge on any atom is 0.337 e. The molecule has 0 spiro atoms. The van der Waals surface area contributed by atoms with Crippen LogP contribution in [0.4, 0.5) is 11.4 Å². The van der Waals surface area contributed by atoms with Crippen LogP contribution in [-0.4, -0.2) is 41.8 Å². The summed E-state index contributed by atoms with van der Waals surface area (Å²) in [5, 5.41) is 9.30. The molecule has 0 unspecified atom stereocenters. The summed E-state index contributed by atoms with van der Waals surface area (Å²) >= 11 is 0. The van der Waals surface area contributed by atoms with Gasteiger partial charge in [-0.1, -0.05) is 6.58 Å². The van der Waals surface area contributed by atoms with Crippen molar-refractivity contribution >= 4 is 34.9 Å². The second kappa shape index (κ2) is 9.99. The van der Waals surface area contributed by atoms with Crippen LogP contribution in [0.25, 0.3) is 0 Å². The van der Waals surface area contributed by atoms with Gasteiger partial charge in [-0.2, -0.15) is 0 Å². The minimum Gasteiger partial charge on any atom is -0.494 e. The van der Waals surface area contributed by atoms with Crippen molar-refractivity contribution in [2.45, 2.75) is 25.7 Å². The molecule has 172 valence electrons. The predicted molar refractivity (Wildman–Crippen MR) is 121 cm³/mol. The van der Waals surface area contributed by atoms with Gasteiger partial charge in [-0.3, -0.25) is 9.59 Å². The Balaban J connectivity index is 1.66. The maximum absolute atomic E-state index is 13.1. The molecule has 2 aromatic rings. The van der Waals surface area contributed by atoms with E-state index in [1.807, 2.05) is 0 Å². The maximum atomic E-state index is 13.1. The highest BCUT2D eigenvalue weighted by Crippen LogP contribution is 2.37. The number of unbranched alkanes of at least 4 members (excludes halogenated alkanes) is 3. The van der Waals surface area contributed by atoms with E-state index in [4.69, 9.17) is 20.9 Å². The summed E-state index contributed by atoms with van der Waals surface area (Å²) < 4.78 is 10.6. The van der Waals surface area contributed by atoms with Crippen LogP contribution in [0.1, 0.15) is 67.9 Å². The van der Waals surface area contributed by atoms with Crippen molar-refractivity contribution in [2.75, 3.05) is 24.7 Å². The molecule has 9 heteroatoms. The number of benzene rings is 2. The van der Waals surface area contributed by atoms with Crippen LogP contribution in [0.15, 0.2) is 36.9 Å². The summed E-state index contributed by atoms with van der Waals surface area (Å²) in [5.41, 5.74) is 11.0. The van der Waals surface area contributed by atoms with E-state index in [9.17, 15) is 24.3 Å². The van der Waals surface area contributed by atoms with Crippen molar-refractivity contribution in [1.29, 1.82) is 0 Å². The highest BCUT2D eigenvalue weighted by molar-refractivity contribution is 6.32. The summed E-state index contributed by atoms with van der Waals surface area (Å²) in [4.78, 5) is 48.4. The first kappa shape index (κ1) is 23.5. The van der Waals surface area contributed by atoms with Crippen molar-refractivity contribution in [3.05, 3.63) is 64.7 Å². The number of nitrogens with two attached hydrogens (primary N) is 2. The Morgan fingerprint density at radius 3 is 2.27 bits per heavy atom. The third-order valence-corrected chi connectivity index (χ3v) is 5.28. The van der Waals surface area contributed by atoms with E-state index in [-0.39, 0.29) is 39.2 Å². The fourth-order valence-electron chi connectivity index (χ4n) is 3.62. The minimum absolute atomic E-state index is 0.0932. The van der Waals surface area contributed by atoms with Gasteiger partial charge in [0.2, 0.25) is 0 Å². The summed E-state index contributed by atoms with van der Waals surface area (Å²) in [6.45, 7) is 4.08. The van der Waals surface area contributed by atoms with E-state index in [0.29, 0.717) is 19.0 Å². The van der Waals surface area contributed by atoms with Crippen molar-refractivity contribution < 1.29 is 33.8 Å². The van der Waals surface area contributed by atoms with E-state index in [0.717, 1.165) is 37.8 Å². The van der Waals surface area contributed by atoms with Gasteiger partial charge < -0.3 is 26.0 Å². The van der Waals surface area contributed by atoms with Gasteiger partial charge in [0.1, 0.15) is 5.75 Å². The zero-order valence-electron chi connectivity index (χ0n) is 17.9. The number of anilines is 2. The Bertz CT molecular complexity index is 1150. The second-order valence-electron chi connectivity index (χ2n) is 7.48. The summed E-state index contributed by atoms with van der Waals surface area (Å²) in [7, 11) is 0. The molecule has 0 radical (unpaired) electrons. The molecule has 0 aliphatic heterocycles. The predicted octanol–water partition coefficient (Wildman–Crippen LogP) is 2.99. The number of carboxylic acid groups (broad SMARTS) is 1. The van der Waals surface area contributed by atoms with Crippen LogP contribution in [0.2, 0.25) is 0 Å². The third-order valence-electron chi connectivity index (χ3n) is 5.28. The van der Waals surface area contributed by atoms with Crippen LogP contribution in [0.5, 0.6) is 5.75 Å². The number of rotatable bonds is 10. The zero-order valence-corrected chi connectivity index (χ0v) is 17.9. The molecular weight excluding hydrogens is 428 g/mol. The zero-order chi connectivity index (χ0) is 24.1. The second-order valence-corrected chi connectivity index (χ2v) is 7.48. The fraction of sp³-hybridized carbons (Fsp3) is 0.250. The number of esters is 1. The summed E-state index contributed by atoms with van der Waals surface area (Å²) in [5.74, 6) is -2.43. The van der Waals surface area contributed by atoms with Crippen molar-refractivity contribution in [3.8, 4) is 5.75 Å². The largest absolute Gasteiger partial charge is 0.494 e. The molecule has 0 saturated carbocycles. The smallest absolute Gasteiger partial charge is 0.337 e. The average molecular weight is 452 g/mol. The molecule has 1 aliphatic carbocycles. The lowest BCUT2D eigenvalue weighted by Crippen LogP contribution is -2.25. The van der Waals surface area contributed by atoms with Crippen molar-refractivity contribution in [3.63, 3.8) is 0 Å². The van der Waals surface area contributed by atoms with E-state index >= 15 is 0 Å². The number of ether oxygens (including phenoxy) is 2. The number of nitrogen functional groups attached to an aromatic ring is 2. The molecule has 2 aromatic carbocycles. The molecule has 0 heterocycles. The molecule has 33 heavy (non-hydrogen) atoms. The molecule has 0 atom stereocenters. The van der Waals surface area contributed by atoms with E-state index in [1.165, 1.54) is 12.1 Å². The van der Waals surface area contributed by atoms with Gasteiger partial charge in [-0.25, -0.2) is 9.59 Å². The van der Waals surface area contributed by atoms with Gasteiger partial charge in [-0.15, -0.1) is 0 Å². The normalized spacial score (nSPS) is 12.0. The lowest BCUT2D eigenvalue weighted by Gasteiger charge is -2.22. The van der Waals surface area contributed by atoms with E-state index in [2.05, 4.69) is 6.58 Å². The number of hydrogen-bond acceptors (Lipinski definition) is 8. The Labute approximate surface area is 190 Å². The molecule has 5 N–H and O–H groups in total. The number of ketones is 2. The molecule has 9 nitrogen and oxygen atoms in total. The first-order valence-electron chi connectivity index (χ1n) is 10.4. The van der Waals surface area contributed by atoms with E-state index in [1.54, 1.807) is 6.07 Å². The van der Waals surface area contributed by atoms with Gasteiger partial charge >= 0.3 is 11.9 Å². The fourth-order valence-corrected chi connectivity index (χ4v) is 3.62. The molecule has 3 rings (SSSR count). The molecular formula is C24H24N2O7. The Morgan fingerprint density at radius 1 is 0.939 bits per heavy atom. The first-order valence-corrected chi connectivity index (χ1v) is 10.4. The van der Waals surface area contributed by atoms with Crippen molar-refractivity contribution in [2.24, 2.45) is 0 Å². The lowest BCUT2D eigenvalue weighted by molar-refractivity contribution is -0.137. The molecule has 0 aromatic heterocycles. The average Bonchev–Trinajstić information content (AvgIpc) is 2.79. The first-order chi connectivity index (χ1) is 15.8. The number of carbonyl (C=O) groups is 4. The number of hydrogen-bond donors (Lipinski definition) is 3. The van der Waals surface area contributed by atoms with Gasteiger partial charge in [0, 0.05) is 22.9 Å². The number of fused-ring (bicyclic) bond motifs is 2. The SMILES string of the molecule is C=CC(=O)OCCCCCCOc1ccc2c(c1)C(=O)c1c(N)cc(C(=O)O)c(N)c1C2=O. The minimum atomic E-state index is -1.34. The van der Waals surface area contributed by atoms with Crippen LogP contribution in [0, 0.1) is 0 Å². The summed E-state index contributed by atoms with van der Waals surface area (Å²) in [6, 6.07) is 5.61. The molecule has 0 amide bonds. The Hall–Kier alpha value is -4.14. The summed E-state index contributed by atoms with van der Waals surface area (Å²) in [6.07, 6.45) is 4.34. The number of aromatic carboxylic acids is 1. The standard InChI is InChI=1S/C24H24N2O7/c1-2-18(27)33-10-6-4-3-5-9-32-13-7-8-14-15(11-13)23(29)19-17(25)12-16(24(30)31)21(26)20(19)22(14)28/h2,7-8,11-12H,1,3-6,9-10,25-26H2,(H,30,31). The Kier molecular flexibility index (Phi) is 7.12. The van der Waals surface area contributed by atoms with Crippen LogP contribution in [-0.2, 0) is 9.53 Å². The van der Waals surface area contributed by atoms with Crippen LogP contribution < -0.4 is 16.2 Å². The molecule has 1 aliphatic rings. The highest BCUT2D eigenvalue weighted by Gasteiger charge is 2.35. The van der Waals surface area contributed by atoms with Crippen molar-refractivity contribution in [1.82, 2.24) is 0 Å². The van der Waals surface area contributed by atoms with Crippen LogP contribution >= 0.6 is 0 Å². The molecule has 0 bridgehead atoms. The molecule has 0 fully saturated rings. The van der Waals surface area contributed by atoms with Gasteiger partial charge in [0.05, 0.1) is 35.6 Å². The van der Waals surface area contributed by atoms with Gasteiger partial charge in [0.25, 0.3) is 0 Å². The number of carbonyl (C=O) groups excluding carboxylic acids is 3. The molecule has 0 saturated heterocycles. The van der Waals surface area contributed by atoms with Gasteiger partial charge in [0.15, 0.2) is 11.6 Å². The number of carboxylic acids is 1. The lowest BCUT2D eigenvalue weighted by atomic mass is 9.81. The third kappa shape index (κ3) is 4.87. The van der Waals surface area contributed by atoms with E-state index < -0.39 is 23.5 Å². The monoisotopic (exact) mass is 452 g/mol. The quantitative estimate of drug-likeness (QED) is 0.182. The van der Waals surface area contributed by atoms with Gasteiger partial charge in [-0.05, 0) is 49.9 Å². The Morgan fingerprint density at radius 2 is 1.61 bits per heavy atom. The highest BCUT2D eigenvalue weighted by atomic mass is 16.5. The topological polar surface area (TPSA) is 159 Å².